The third-order valence-electron chi connectivity index (χ3n) is 4.68. The van der Waals surface area contributed by atoms with Crippen LogP contribution < -0.4 is 10.2 Å². The Morgan fingerprint density at radius 3 is 2.38 bits per heavy atom. The lowest BCUT2D eigenvalue weighted by molar-refractivity contribution is -0.131. The van der Waals surface area contributed by atoms with Crippen molar-refractivity contribution in [1.29, 1.82) is 0 Å². The number of rotatable bonds is 8. The van der Waals surface area contributed by atoms with E-state index in [0.29, 0.717) is 17.9 Å². The molecule has 0 spiro atoms. The summed E-state index contributed by atoms with van der Waals surface area (Å²) in [4.78, 5) is 28.1. The quantitative estimate of drug-likeness (QED) is 0.685. The Morgan fingerprint density at radius 1 is 1.04 bits per heavy atom. The van der Waals surface area contributed by atoms with Gasteiger partial charge in [0.25, 0.3) is 0 Å². The molecule has 1 N–H and O–H groups in total. The number of unbranched alkanes of at least 4 members (excludes halogenated alkanes) is 2. The topological polar surface area (TPSA) is 52.7 Å². The van der Waals surface area contributed by atoms with E-state index in [9.17, 15) is 9.59 Å². The highest BCUT2D eigenvalue weighted by Crippen LogP contribution is 2.30. The number of nitrogens with zero attached hydrogens (tertiary/aromatic N) is 2. The van der Waals surface area contributed by atoms with E-state index in [2.05, 4.69) is 17.1 Å². The highest BCUT2D eigenvalue weighted by atomic mass is 35.5. The number of anilines is 2. The standard InChI is InChI=1S/C20H30ClN3O2/c1-3-5-6-8-19(25)22-16-9-10-18(17(21)15-16)23-11-13-24(14-12-23)20(26)7-4-2/h9-10,15H,3-8,11-14H2,1-2H3,(H,22,25). The molecule has 1 saturated heterocycles. The summed E-state index contributed by atoms with van der Waals surface area (Å²) in [6, 6.07) is 5.66. The predicted molar refractivity (Wildman–Crippen MR) is 108 cm³/mol. The van der Waals surface area contributed by atoms with Crippen LogP contribution in [0.2, 0.25) is 5.02 Å². The molecular formula is C20H30ClN3O2. The number of amides is 2. The molecule has 0 aliphatic carbocycles. The molecule has 1 aliphatic heterocycles. The number of hydrogen-bond donors (Lipinski definition) is 1. The van der Waals surface area contributed by atoms with Crippen LogP contribution in [-0.2, 0) is 9.59 Å². The van der Waals surface area contributed by atoms with Gasteiger partial charge in [-0.15, -0.1) is 0 Å². The zero-order valence-electron chi connectivity index (χ0n) is 15.9. The Balaban J connectivity index is 1.89. The largest absolute Gasteiger partial charge is 0.367 e. The van der Waals surface area contributed by atoms with Crippen molar-refractivity contribution >= 4 is 34.8 Å². The van der Waals surface area contributed by atoms with Gasteiger partial charge in [0.2, 0.25) is 11.8 Å². The minimum absolute atomic E-state index is 0.0327. The van der Waals surface area contributed by atoms with E-state index in [1.165, 1.54) is 0 Å². The first kappa shape index (κ1) is 20.6. The van der Waals surface area contributed by atoms with Gasteiger partial charge in [-0.05, 0) is 31.0 Å². The Hall–Kier alpha value is -1.75. The van der Waals surface area contributed by atoms with Crippen LogP contribution in [0.3, 0.4) is 0 Å². The van der Waals surface area contributed by atoms with Crippen LogP contribution in [0, 0.1) is 0 Å². The number of nitrogens with one attached hydrogen (secondary N) is 1. The fourth-order valence-electron chi connectivity index (χ4n) is 3.17. The molecule has 26 heavy (non-hydrogen) atoms. The molecule has 0 atom stereocenters. The number of hydrogen-bond acceptors (Lipinski definition) is 3. The summed E-state index contributed by atoms with van der Waals surface area (Å²) in [5, 5.41) is 3.54. The normalized spacial score (nSPS) is 14.4. The molecule has 6 heteroatoms. The molecule has 0 aromatic heterocycles. The van der Waals surface area contributed by atoms with Crippen LogP contribution in [-0.4, -0.2) is 42.9 Å². The van der Waals surface area contributed by atoms with E-state index in [0.717, 1.165) is 63.2 Å². The van der Waals surface area contributed by atoms with Crippen molar-refractivity contribution in [1.82, 2.24) is 4.90 Å². The van der Waals surface area contributed by atoms with Gasteiger partial charge in [-0.2, -0.15) is 0 Å². The maximum atomic E-state index is 12.0. The minimum atomic E-state index is 0.0327. The van der Waals surface area contributed by atoms with E-state index < -0.39 is 0 Å². The van der Waals surface area contributed by atoms with Crippen LogP contribution in [0.1, 0.15) is 52.4 Å². The van der Waals surface area contributed by atoms with Crippen molar-refractivity contribution < 1.29 is 9.59 Å². The van der Waals surface area contributed by atoms with E-state index in [-0.39, 0.29) is 11.8 Å². The molecule has 1 aliphatic rings. The summed E-state index contributed by atoms with van der Waals surface area (Å²) >= 11 is 6.45. The number of carbonyl (C=O) groups is 2. The molecule has 2 amide bonds. The summed E-state index contributed by atoms with van der Waals surface area (Å²) in [7, 11) is 0. The van der Waals surface area contributed by atoms with Gasteiger partial charge in [0.15, 0.2) is 0 Å². The monoisotopic (exact) mass is 379 g/mol. The zero-order chi connectivity index (χ0) is 18.9. The average Bonchev–Trinajstić information content (AvgIpc) is 2.62. The number of benzene rings is 1. The van der Waals surface area contributed by atoms with Gasteiger partial charge >= 0.3 is 0 Å². The second-order valence-electron chi connectivity index (χ2n) is 6.79. The van der Waals surface area contributed by atoms with Crippen LogP contribution in [0.15, 0.2) is 18.2 Å². The maximum Gasteiger partial charge on any atom is 0.224 e. The van der Waals surface area contributed by atoms with Gasteiger partial charge in [0, 0.05) is 44.7 Å². The van der Waals surface area contributed by atoms with E-state index in [1.807, 2.05) is 30.0 Å². The van der Waals surface area contributed by atoms with Crippen molar-refractivity contribution in [3.8, 4) is 0 Å². The van der Waals surface area contributed by atoms with Gasteiger partial charge in [0.05, 0.1) is 10.7 Å². The lowest BCUT2D eigenvalue weighted by Crippen LogP contribution is -2.48. The third-order valence-corrected chi connectivity index (χ3v) is 4.98. The molecule has 1 fully saturated rings. The SMILES string of the molecule is CCCCCC(=O)Nc1ccc(N2CCN(C(=O)CCC)CC2)c(Cl)c1. The molecule has 2 rings (SSSR count). The highest BCUT2D eigenvalue weighted by molar-refractivity contribution is 6.33. The molecule has 0 radical (unpaired) electrons. The Morgan fingerprint density at radius 2 is 1.77 bits per heavy atom. The number of piperazine rings is 1. The smallest absolute Gasteiger partial charge is 0.224 e. The molecule has 0 saturated carbocycles. The molecule has 1 aromatic carbocycles. The molecule has 1 aromatic rings. The lowest BCUT2D eigenvalue weighted by Gasteiger charge is -2.36. The van der Waals surface area contributed by atoms with Crippen LogP contribution in [0.4, 0.5) is 11.4 Å². The third kappa shape index (κ3) is 5.90. The molecule has 5 nitrogen and oxygen atoms in total. The Labute approximate surface area is 161 Å². The first-order valence-electron chi connectivity index (χ1n) is 9.67. The van der Waals surface area contributed by atoms with Gasteiger partial charge < -0.3 is 15.1 Å². The summed E-state index contributed by atoms with van der Waals surface area (Å²) < 4.78 is 0. The summed E-state index contributed by atoms with van der Waals surface area (Å²) in [5.41, 5.74) is 1.69. The van der Waals surface area contributed by atoms with Crippen LogP contribution in [0.5, 0.6) is 0 Å². The van der Waals surface area contributed by atoms with Crippen molar-refractivity contribution in [2.24, 2.45) is 0 Å². The molecule has 0 unspecified atom stereocenters. The summed E-state index contributed by atoms with van der Waals surface area (Å²) in [5.74, 6) is 0.268. The molecule has 0 bridgehead atoms. The maximum absolute atomic E-state index is 12.0. The van der Waals surface area contributed by atoms with Crippen molar-refractivity contribution in [2.45, 2.75) is 52.4 Å². The van der Waals surface area contributed by atoms with Crippen molar-refractivity contribution in [3.63, 3.8) is 0 Å². The second kappa shape index (κ2) is 10.4. The first-order valence-corrected chi connectivity index (χ1v) is 10.0. The highest BCUT2D eigenvalue weighted by Gasteiger charge is 2.22. The van der Waals surface area contributed by atoms with Gasteiger partial charge in [0.1, 0.15) is 0 Å². The molecule has 144 valence electrons. The summed E-state index contributed by atoms with van der Waals surface area (Å²) in [6.45, 7) is 7.15. The first-order chi connectivity index (χ1) is 12.5. The van der Waals surface area contributed by atoms with E-state index >= 15 is 0 Å². The average molecular weight is 380 g/mol. The van der Waals surface area contributed by atoms with Gasteiger partial charge in [-0.3, -0.25) is 9.59 Å². The van der Waals surface area contributed by atoms with Crippen molar-refractivity contribution in [3.05, 3.63) is 23.2 Å². The molecule has 1 heterocycles. The van der Waals surface area contributed by atoms with Crippen molar-refractivity contribution in [2.75, 3.05) is 36.4 Å². The minimum Gasteiger partial charge on any atom is -0.367 e. The Kier molecular flexibility index (Phi) is 8.23. The molecular weight excluding hydrogens is 350 g/mol. The predicted octanol–water partition coefficient (Wildman–Crippen LogP) is 4.31. The summed E-state index contributed by atoms with van der Waals surface area (Å²) in [6.07, 6.45) is 5.13. The zero-order valence-corrected chi connectivity index (χ0v) is 16.6. The van der Waals surface area contributed by atoms with E-state index in [4.69, 9.17) is 11.6 Å². The van der Waals surface area contributed by atoms with Gasteiger partial charge in [-0.1, -0.05) is 38.3 Å². The fraction of sp³-hybridized carbons (Fsp3) is 0.600. The van der Waals surface area contributed by atoms with Crippen LogP contribution in [0.25, 0.3) is 0 Å². The second-order valence-corrected chi connectivity index (χ2v) is 7.20. The number of halogens is 1. The van der Waals surface area contributed by atoms with Crippen LogP contribution >= 0.6 is 11.6 Å². The van der Waals surface area contributed by atoms with E-state index in [1.54, 1.807) is 0 Å². The van der Waals surface area contributed by atoms with Gasteiger partial charge in [-0.25, -0.2) is 0 Å². The lowest BCUT2D eigenvalue weighted by atomic mass is 10.2. The fourth-order valence-corrected chi connectivity index (χ4v) is 3.47. The Bertz CT molecular complexity index is 613. The number of carbonyl (C=O) groups excluding carboxylic acids is 2.